The van der Waals surface area contributed by atoms with Gasteiger partial charge >= 0.3 is 43.5 Å². The normalized spacial score (nSPS) is 4.20. The van der Waals surface area contributed by atoms with Gasteiger partial charge in [0.15, 0.2) is 0 Å². The number of hydrogen-bond donors (Lipinski definition) is 0. The molecule has 0 unspecified atom stereocenters. The summed E-state index contributed by atoms with van der Waals surface area (Å²) >= 11 is 0.629. The van der Waals surface area contributed by atoms with Crippen molar-refractivity contribution in [3.8, 4) is 5.40 Å². The molecular weight excluding hydrogens is 324 g/mol. The van der Waals surface area contributed by atoms with Crippen LogP contribution in [0.15, 0.2) is 0 Å². The summed E-state index contributed by atoms with van der Waals surface area (Å²) in [6.07, 6.45) is 0. The second kappa shape index (κ2) is 9.04. The molecule has 0 aliphatic carbocycles. The molecule has 0 bridgehead atoms. The summed E-state index contributed by atoms with van der Waals surface area (Å²) in [6.45, 7) is 0. The van der Waals surface area contributed by atoms with E-state index in [0.717, 1.165) is 0 Å². The Morgan fingerprint density at radius 1 is 1.80 bits per heavy atom. The van der Waals surface area contributed by atoms with Crippen molar-refractivity contribution in [2.24, 2.45) is 0 Å². The van der Waals surface area contributed by atoms with E-state index in [4.69, 9.17) is 5.26 Å². The van der Waals surface area contributed by atoms with Crippen molar-refractivity contribution in [1.29, 1.82) is 5.26 Å². The Hall–Kier alpha value is 1.40. The van der Waals surface area contributed by atoms with Crippen molar-refractivity contribution in [2.75, 3.05) is 0 Å². The first-order chi connectivity index (χ1) is 1.91. The van der Waals surface area contributed by atoms with Crippen LogP contribution in [0.5, 0.6) is 0 Å². The van der Waals surface area contributed by atoms with Crippen molar-refractivity contribution in [2.45, 2.75) is 0 Å². The number of thiocyanates is 1. The topological polar surface area (TPSA) is 23.8 Å². The summed E-state index contributed by atoms with van der Waals surface area (Å²) in [5, 5.41) is 9.57. The first kappa shape index (κ1) is 9.64. The molecule has 0 aromatic carbocycles. The first-order valence-corrected chi connectivity index (χ1v) is 8.44. The molecule has 0 spiro atoms. The van der Waals surface area contributed by atoms with Gasteiger partial charge in [-0.15, -0.1) is 0 Å². The van der Waals surface area contributed by atoms with Gasteiger partial charge in [0.2, 0.25) is 0 Å². The molecular formula is CHgNSZn. The molecule has 0 rings (SSSR count). The van der Waals surface area contributed by atoms with Gasteiger partial charge in [0.1, 0.15) is 0 Å². The Bertz CT molecular complexity index is 41.4. The van der Waals surface area contributed by atoms with Crippen LogP contribution in [0.3, 0.4) is 0 Å². The fraction of sp³-hybridized carbons (Fsp3) is 0. The van der Waals surface area contributed by atoms with Crippen LogP contribution in [-0.2, 0) is 44.1 Å². The molecule has 0 fully saturated rings. The van der Waals surface area contributed by atoms with Crippen molar-refractivity contribution in [3.05, 3.63) is 0 Å². The van der Waals surface area contributed by atoms with Gasteiger partial charge in [0.25, 0.3) is 0 Å². The van der Waals surface area contributed by atoms with Crippen LogP contribution in [0.25, 0.3) is 0 Å². The molecule has 19 valence electrons. The zero-order chi connectivity index (χ0) is 3.41. The van der Waals surface area contributed by atoms with Crippen LogP contribution in [0.1, 0.15) is 0 Å². The van der Waals surface area contributed by atoms with E-state index in [0.29, 0.717) is 24.6 Å². The van der Waals surface area contributed by atoms with Gasteiger partial charge in [0, 0.05) is 19.5 Å². The molecule has 0 atom stereocenters. The average Bonchev–Trinajstić information content (AvgIpc) is 1.37. The van der Waals surface area contributed by atoms with Crippen LogP contribution in [-0.4, -0.2) is 0 Å². The van der Waals surface area contributed by atoms with Gasteiger partial charge in [0.05, 0.1) is 0 Å². The quantitative estimate of drug-likeness (QED) is 0.483. The number of rotatable bonds is 0. The van der Waals surface area contributed by atoms with Crippen LogP contribution >= 0.6 is 8.24 Å². The van der Waals surface area contributed by atoms with E-state index < -0.39 is 0 Å². The van der Waals surface area contributed by atoms with Crippen LogP contribution in [0, 0.1) is 10.7 Å². The zero-order valence-corrected chi connectivity index (χ0v) is 12.1. The van der Waals surface area contributed by atoms with Gasteiger partial charge in [-0.2, -0.15) is 0 Å². The maximum Gasteiger partial charge on any atom is 0 e. The SMILES string of the molecule is N#C[S][Hg].[Zn]. The molecule has 0 aliphatic rings. The summed E-state index contributed by atoms with van der Waals surface area (Å²) < 4.78 is 0. The molecule has 0 heterocycles. The maximum absolute atomic E-state index is 7.64. The molecule has 0 aliphatic heterocycles. The van der Waals surface area contributed by atoms with Crippen LogP contribution in [0.2, 0.25) is 0 Å². The second-order valence-corrected chi connectivity index (χ2v) is 4.07. The summed E-state index contributed by atoms with van der Waals surface area (Å²) in [6, 6.07) is 0. The molecule has 0 amide bonds. The van der Waals surface area contributed by atoms with E-state index in [1.807, 2.05) is 5.40 Å². The van der Waals surface area contributed by atoms with Gasteiger partial charge in [-0.3, -0.25) is 0 Å². The monoisotopic (exact) mass is 324 g/mol. The molecule has 0 aromatic heterocycles. The molecule has 0 saturated heterocycles. The fourth-order valence-corrected chi connectivity index (χ4v) is 0. The minimum Gasteiger partial charge on any atom is 0 e. The predicted octanol–water partition coefficient (Wildman–Crippen LogP) is 0.660. The van der Waals surface area contributed by atoms with Crippen molar-refractivity contribution in [3.63, 3.8) is 0 Å². The predicted molar refractivity (Wildman–Crippen MR) is 13.2 cm³/mol. The molecule has 0 aromatic rings. The van der Waals surface area contributed by atoms with Gasteiger partial charge in [-0.1, -0.05) is 0 Å². The van der Waals surface area contributed by atoms with E-state index in [1.165, 1.54) is 8.24 Å². The van der Waals surface area contributed by atoms with Gasteiger partial charge in [-0.25, -0.2) is 0 Å². The van der Waals surface area contributed by atoms with Crippen molar-refractivity contribution in [1.82, 2.24) is 0 Å². The Balaban J connectivity index is 0. The van der Waals surface area contributed by atoms with E-state index in [-0.39, 0.29) is 19.5 Å². The third-order valence-electron chi connectivity index (χ3n) is 0.0645. The largest absolute Gasteiger partial charge is 0 e. The molecule has 1 nitrogen and oxygen atoms in total. The fourth-order valence-electron chi connectivity index (χ4n) is 0. The van der Waals surface area contributed by atoms with Gasteiger partial charge in [-0.05, 0) is 0 Å². The Kier molecular flexibility index (Phi) is 17.4. The summed E-state index contributed by atoms with van der Waals surface area (Å²) in [4.78, 5) is 0. The van der Waals surface area contributed by atoms with E-state index in [9.17, 15) is 0 Å². The van der Waals surface area contributed by atoms with Crippen molar-refractivity contribution >= 4 is 8.24 Å². The summed E-state index contributed by atoms with van der Waals surface area (Å²) in [7, 11) is 1.36. The Morgan fingerprint density at radius 3 is 2.00 bits per heavy atom. The molecule has 0 radical (unpaired) electrons. The molecule has 4 heteroatoms. The third-order valence-corrected chi connectivity index (χ3v) is 1.70. The number of nitrogens with zero attached hydrogens (tertiary/aromatic N) is 1. The standard InChI is InChI=1S/CHNS.Hg.Zn/c2-1-3;;/h3H;;/q;+1;/p-1. The van der Waals surface area contributed by atoms with Crippen LogP contribution in [0.4, 0.5) is 0 Å². The van der Waals surface area contributed by atoms with Crippen molar-refractivity contribution < 1.29 is 44.1 Å². The smallest absolute Gasteiger partial charge is 0 e. The number of hydrogen-bond acceptors (Lipinski definition) is 2. The maximum atomic E-state index is 7.64. The molecule has 5 heavy (non-hydrogen) atoms. The van der Waals surface area contributed by atoms with E-state index in [2.05, 4.69) is 0 Å². The van der Waals surface area contributed by atoms with Crippen LogP contribution < -0.4 is 0 Å². The number of nitriles is 1. The minimum atomic E-state index is 0. The molecule has 0 N–H and O–H groups in total. The second-order valence-electron chi connectivity index (χ2n) is 0.236. The molecule has 0 saturated carbocycles. The van der Waals surface area contributed by atoms with E-state index in [1.54, 1.807) is 0 Å². The Morgan fingerprint density at radius 2 is 2.00 bits per heavy atom. The van der Waals surface area contributed by atoms with E-state index >= 15 is 0 Å². The third kappa shape index (κ3) is 10.8. The summed E-state index contributed by atoms with van der Waals surface area (Å²) in [5.41, 5.74) is 0. The zero-order valence-electron chi connectivity index (χ0n) is 2.77. The first-order valence-electron chi connectivity index (χ1n) is 0.716. The Labute approximate surface area is 62.4 Å². The minimum absolute atomic E-state index is 0. The van der Waals surface area contributed by atoms with Gasteiger partial charge < -0.3 is 0 Å². The average molecular weight is 324 g/mol. The summed E-state index contributed by atoms with van der Waals surface area (Å²) in [5.74, 6) is 0.